The van der Waals surface area contributed by atoms with Crippen LogP contribution in [0.5, 0.6) is 0 Å². The molecule has 25 heavy (non-hydrogen) atoms. The maximum absolute atomic E-state index is 13.0. The molecule has 1 aromatic carbocycles. The van der Waals surface area contributed by atoms with Gasteiger partial charge in [0, 0.05) is 6.04 Å². The molecule has 1 saturated carbocycles. The first-order valence-corrected chi connectivity index (χ1v) is 8.17. The van der Waals surface area contributed by atoms with Gasteiger partial charge < -0.3 is 16.4 Å². The summed E-state index contributed by atoms with van der Waals surface area (Å²) in [5.41, 5.74) is 4.72. The lowest BCUT2D eigenvalue weighted by Crippen LogP contribution is -2.61. The fraction of sp³-hybridized carbons (Fsp3) is 0.500. The number of alkyl halides is 3. The molecule has 1 heterocycles. The van der Waals surface area contributed by atoms with Crippen LogP contribution in [0, 0.1) is 5.92 Å². The van der Waals surface area contributed by atoms with Crippen LogP contribution in [0.4, 0.5) is 18.9 Å². The van der Waals surface area contributed by atoms with Crippen LogP contribution in [-0.4, -0.2) is 24.2 Å². The van der Waals surface area contributed by atoms with Gasteiger partial charge in [-0.05, 0) is 25.0 Å². The zero-order valence-corrected chi connectivity index (χ0v) is 13.4. The molecule has 0 bridgehead atoms. The fourth-order valence-corrected chi connectivity index (χ4v) is 3.35. The SMILES string of the molecule is N/C(=N\C1NC(=O)C2CCCCC2N1)Nc1ccccc1C(F)(F)F. The Labute approximate surface area is 143 Å². The molecule has 2 aliphatic rings. The van der Waals surface area contributed by atoms with Crippen LogP contribution in [0.1, 0.15) is 31.2 Å². The van der Waals surface area contributed by atoms with Crippen LogP contribution in [0.3, 0.4) is 0 Å². The first-order chi connectivity index (χ1) is 11.8. The smallest absolute Gasteiger partial charge is 0.370 e. The van der Waals surface area contributed by atoms with Crippen molar-refractivity contribution < 1.29 is 18.0 Å². The largest absolute Gasteiger partial charge is 0.418 e. The quantitative estimate of drug-likeness (QED) is 0.482. The van der Waals surface area contributed by atoms with Gasteiger partial charge >= 0.3 is 6.18 Å². The molecular weight excluding hydrogens is 335 g/mol. The summed E-state index contributed by atoms with van der Waals surface area (Å²) in [6, 6.07) is 5.02. The van der Waals surface area contributed by atoms with Crippen molar-refractivity contribution in [2.24, 2.45) is 16.6 Å². The Kier molecular flexibility index (Phi) is 4.85. The van der Waals surface area contributed by atoms with Crippen molar-refractivity contribution in [2.75, 3.05) is 5.32 Å². The Balaban J connectivity index is 1.71. The van der Waals surface area contributed by atoms with E-state index in [-0.39, 0.29) is 29.5 Å². The number of amides is 1. The van der Waals surface area contributed by atoms with E-state index in [1.807, 2.05) is 0 Å². The zero-order valence-electron chi connectivity index (χ0n) is 13.4. The summed E-state index contributed by atoms with van der Waals surface area (Å²) in [5, 5.41) is 8.35. The van der Waals surface area contributed by atoms with E-state index in [4.69, 9.17) is 5.73 Å². The van der Waals surface area contributed by atoms with E-state index in [0.717, 1.165) is 31.7 Å². The number of rotatable bonds is 2. The number of carbonyl (C=O) groups is 1. The summed E-state index contributed by atoms with van der Waals surface area (Å²) in [5.74, 6) is -0.384. The molecule has 3 rings (SSSR count). The van der Waals surface area contributed by atoms with Crippen molar-refractivity contribution in [3.8, 4) is 0 Å². The number of halogens is 3. The molecule has 9 heteroatoms. The molecule has 136 valence electrons. The highest BCUT2D eigenvalue weighted by molar-refractivity contribution is 5.93. The molecule has 1 aliphatic heterocycles. The molecule has 1 saturated heterocycles. The molecule has 3 unspecified atom stereocenters. The van der Waals surface area contributed by atoms with Gasteiger partial charge in [0.2, 0.25) is 5.91 Å². The number of guanidine groups is 1. The third-order valence-electron chi connectivity index (χ3n) is 4.52. The van der Waals surface area contributed by atoms with Gasteiger partial charge in [0.25, 0.3) is 0 Å². The van der Waals surface area contributed by atoms with Crippen LogP contribution >= 0.6 is 0 Å². The Bertz CT molecular complexity index is 676. The molecule has 0 radical (unpaired) electrons. The van der Waals surface area contributed by atoms with Crippen LogP contribution in [-0.2, 0) is 11.0 Å². The van der Waals surface area contributed by atoms with E-state index >= 15 is 0 Å². The molecule has 0 aromatic heterocycles. The van der Waals surface area contributed by atoms with E-state index in [0.29, 0.717) is 0 Å². The molecule has 1 aromatic rings. The lowest BCUT2D eigenvalue weighted by atomic mass is 9.83. The molecule has 2 fully saturated rings. The molecule has 0 spiro atoms. The van der Waals surface area contributed by atoms with Crippen LogP contribution in [0.2, 0.25) is 0 Å². The number of anilines is 1. The van der Waals surface area contributed by atoms with Crippen molar-refractivity contribution in [1.82, 2.24) is 10.6 Å². The molecule has 5 N–H and O–H groups in total. The first kappa shape index (κ1) is 17.5. The summed E-state index contributed by atoms with van der Waals surface area (Å²) in [6.45, 7) is 0. The average molecular weight is 355 g/mol. The lowest BCUT2D eigenvalue weighted by Gasteiger charge is -2.38. The molecule has 1 amide bonds. The van der Waals surface area contributed by atoms with Gasteiger partial charge in [-0.2, -0.15) is 13.2 Å². The number of carbonyl (C=O) groups excluding carboxylic acids is 1. The second kappa shape index (κ2) is 6.91. The van der Waals surface area contributed by atoms with Crippen molar-refractivity contribution in [1.29, 1.82) is 0 Å². The summed E-state index contributed by atoms with van der Waals surface area (Å²) in [4.78, 5) is 16.2. The van der Waals surface area contributed by atoms with Crippen molar-refractivity contribution in [2.45, 2.75) is 44.2 Å². The fourth-order valence-electron chi connectivity index (χ4n) is 3.35. The Hall–Kier alpha value is -2.29. The standard InChI is InChI=1S/C16H20F3N5O/c17-16(18,19)10-6-2-4-8-12(10)21-14(20)24-15-22-11-7-3-1-5-9(11)13(25)23-15/h2,4,6,8-9,11,15,22H,1,3,5,7H2,(H,23,25)(H3,20,21,24). The van der Waals surface area contributed by atoms with Crippen molar-refractivity contribution >= 4 is 17.6 Å². The lowest BCUT2D eigenvalue weighted by molar-refractivity contribution is -0.137. The van der Waals surface area contributed by atoms with E-state index in [1.165, 1.54) is 18.2 Å². The summed E-state index contributed by atoms with van der Waals surface area (Å²) < 4.78 is 39.0. The highest BCUT2D eigenvalue weighted by Gasteiger charge is 2.37. The Morgan fingerprint density at radius 3 is 2.72 bits per heavy atom. The first-order valence-electron chi connectivity index (χ1n) is 8.17. The number of para-hydroxylation sites is 1. The minimum absolute atomic E-state index is 0.0199. The van der Waals surface area contributed by atoms with Gasteiger partial charge in [-0.1, -0.05) is 25.0 Å². The Morgan fingerprint density at radius 2 is 1.96 bits per heavy atom. The second-order valence-corrected chi connectivity index (χ2v) is 6.26. The molecule has 1 aliphatic carbocycles. The van der Waals surface area contributed by atoms with Crippen LogP contribution in [0.15, 0.2) is 29.3 Å². The third-order valence-corrected chi connectivity index (χ3v) is 4.52. The molecule has 6 nitrogen and oxygen atoms in total. The number of fused-ring (bicyclic) bond motifs is 1. The highest BCUT2D eigenvalue weighted by atomic mass is 19.4. The second-order valence-electron chi connectivity index (χ2n) is 6.26. The van der Waals surface area contributed by atoms with Crippen LogP contribution in [0.25, 0.3) is 0 Å². The highest BCUT2D eigenvalue weighted by Crippen LogP contribution is 2.34. The van der Waals surface area contributed by atoms with Gasteiger partial charge in [0.05, 0.1) is 17.2 Å². The van der Waals surface area contributed by atoms with Gasteiger partial charge in [-0.25, -0.2) is 4.99 Å². The minimum Gasteiger partial charge on any atom is -0.370 e. The van der Waals surface area contributed by atoms with E-state index < -0.39 is 18.0 Å². The summed E-state index contributed by atoms with van der Waals surface area (Å²) in [7, 11) is 0. The summed E-state index contributed by atoms with van der Waals surface area (Å²) >= 11 is 0. The predicted octanol–water partition coefficient (Wildman–Crippen LogP) is 1.99. The van der Waals surface area contributed by atoms with Gasteiger partial charge in [-0.3, -0.25) is 10.1 Å². The van der Waals surface area contributed by atoms with E-state index in [2.05, 4.69) is 20.9 Å². The molecular formula is C16H20F3N5O. The minimum atomic E-state index is -4.50. The zero-order chi connectivity index (χ0) is 18.0. The average Bonchev–Trinajstić information content (AvgIpc) is 2.54. The van der Waals surface area contributed by atoms with Crippen LogP contribution < -0.4 is 21.7 Å². The normalized spacial score (nSPS) is 27.4. The van der Waals surface area contributed by atoms with Gasteiger partial charge in [-0.15, -0.1) is 0 Å². The van der Waals surface area contributed by atoms with Crippen molar-refractivity contribution in [3.63, 3.8) is 0 Å². The number of benzene rings is 1. The monoisotopic (exact) mass is 355 g/mol. The maximum atomic E-state index is 13.0. The Morgan fingerprint density at radius 1 is 1.24 bits per heavy atom. The van der Waals surface area contributed by atoms with E-state index in [1.54, 1.807) is 0 Å². The number of nitrogens with one attached hydrogen (secondary N) is 3. The number of hydrogen-bond acceptors (Lipinski definition) is 3. The van der Waals surface area contributed by atoms with E-state index in [9.17, 15) is 18.0 Å². The third kappa shape index (κ3) is 4.04. The predicted molar refractivity (Wildman–Crippen MR) is 87.5 cm³/mol. The maximum Gasteiger partial charge on any atom is 0.418 e. The number of nitrogens with two attached hydrogens (primary N) is 1. The number of nitrogens with zero attached hydrogens (tertiary/aromatic N) is 1. The topological polar surface area (TPSA) is 91.5 Å². The van der Waals surface area contributed by atoms with Gasteiger partial charge in [0.1, 0.15) is 0 Å². The van der Waals surface area contributed by atoms with Gasteiger partial charge in [0.15, 0.2) is 12.2 Å². The van der Waals surface area contributed by atoms with Crippen molar-refractivity contribution in [3.05, 3.63) is 29.8 Å². The molecule has 3 atom stereocenters. The number of aliphatic imine (C=N–C) groups is 1. The summed E-state index contributed by atoms with van der Waals surface area (Å²) in [6.07, 6.45) is -1.51. The number of hydrogen-bond donors (Lipinski definition) is 4.